The van der Waals surface area contributed by atoms with Crippen molar-refractivity contribution in [1.29, 1.82) is 0 Å². The third kappa shape index (κ3) is 11.3. The molecule has 8 heteroatoms. The van der Waals surface area contributed by atoms with Crippen molar-refractivity contribution in [3.8, 4) is 5.75 Å². The van der Waals surface area contributed by atoms with E-state index < -0.39 is 0 Å². The van der Waals surface area contributed by atoms with E-state index in [4.69, 9.17) is 9.47 Å². The molecule has 0 aliphatic carbocycles. The Kier molecular flexibility index (Phi) is 14.9. The molecule has 3 N–H and O–H groups in total. The maximum absolute atomic E-state index is 12.1. The third-order valence-electron chi connectivity index (χ3n) is 4.51. The standard InChI is InChI=1S/C24H34N4O3.HI/c1-3-31-18-8-17-27-24(28-19-20-11-13-22(30-2)14-12-20)26-16-7-15-25-23(29)21-9-5-4-6-10-21;/h4-6,9-14H,3,7-8,15-19H2,1-2H3,(H,25,29)(H2,26,27,28);1H. The second-order valence-corrected chi connectivity index (χ2v) is 6.89. The Morgan fingerprint density at radius 3 is 2.22 bits per heavy atom. The monoisotopic (exact) mass is 554 g/mol. The molecule has 176 valence electrons. The van der Waals surface area contributed by atoms with Gasteiger partial charge in [0.05, 0.1) is 13.7 Å². The van der Waals surface area contributed by atoms with Crippen LogP contribution in [0.25, 0.3) is 0 Å². The number of carbonyl (C=O) groups excluding carboxylic acids is 1. The summed E-state index contributed by atoms with van der Waals surface area (Å²) in [5.74, 6) is 1.53. The summed E-state index contributed by atoms with van der Waals surface area (Å²) in [6, 6.07) is 17.1. The second-order valence-electron chi connectivity index (χ2n) is 6.89. The van der Waals surface area contributed by atoms with Crippen molar-refractivity contribution in [3.05, 3.63) is 65.7 Å². The molecule has 0 fully saturated rings. The number of nitrogens with one attached hydrogen (secondary N) is 3. The van der Waals surface area contributed by atoms with Crippen LogP contribution in [0.3, 0.4) is 0 Å². The summed E-state index contributed by atoms with van der Waals surface area (Å²) < 4.78 is 10.6. The Hall–Kier alpha value is -2.33. The van der Waals surface area contributed by atoms with Crippen molar-refractivity contribution < 1.29 is 14.3 Å². The van der Waals surface area contributed by atoms with E-state index in [1.165, 1.54) is 0 Å². The van der Waals surface area contributed by atoms with Gasteiger partial charge < -0.3 is 25.4 Å². The molecule has 0 radical (unpaired) electrons. The number of aliphatic imine (C=N–C) groups is 1. The summed E-state index contributed by atoms with van der Waals surface area (Å²) in [7, 11) is 1.66. The molecule has 0 heterocycles. The summed E-state index contributed by atoms with van der Waals surface area (Å²) in [4.78, 5) is 16.8. The number of halogens is 1. The number of rotatable bonds is 13. The number of guanidine groups is 1. The average Bonchev–Trinajstić information content (AvgIpc) is 2.82. The molecule has 0 saturated heterocycles. The molecule has 0 unspecified atom stereocenters. The molecule has 0 aromatic heterocycles. The van der Waals surface area contributed by atoms with E-state index >= 15 is 0 Å². The smallest absolute Gasteiger partial charge is 0.251 e. The maximum Gasteiger partial charge on any atom is 0.251 e. The molecule has 0 saturated carbocycles. The maximum atomic E-state index is 12.1. The first-order chi connectivity index (χ1) is 15.2. The normalized spacial score (nSPS) is 10.8. The molecule has 1 amide bonds. The summed E-state index contributed by atoms with van der Waals surface area (Å²) in [6.45, 7) is 6.08. The zero-order valence-electron chi connectivity index (χ0n) is 18.9. The molecule has 7 nitrogen and oxygen atoms in total. The molecule has 0 aliphatic rings. The van der Waals surface area contributed by atoms with E-state index in [9.17, 15) is 4.79 Å². The van der Waals surface area contributed by atoms with Gasteiger partial charge in [-0.1, -0.05) is 30.3 Å². The Balaban J connectivity index is 0.00000512. The number of hydrogen-bond acceptors (Lipinski definition) is 4. The molecule has 2 aromatic carbocycles. The second kappa shape index (κ2) is 17.3. The van der Waals surface area contributed by atoms with Crippen LogP contribution >= 0.6 is 24.0 Å². The van der Waals surface area contributed by atoms with Crippen LogP contribution in [0.1, 0.15) is 35.7 Å². The predicted molar refractivity (Wildman–Crippen MR) is 140 cm³/mol. The van der Waals surface area contributed by atoms with Crippen molar-refractivity contribution in [2.45, 2.75) is 26.3 Å². The Labute approximate surface area is 208 Å². The van der Waals surface area contributed by atoms with Crippen LogP contribution in [0.4, 0.5) is 0 Å². The van der Waals surface area contributed by atoms with Crippen molar-refractivity contribution in [1.82, 2.24) is 16.0 Å². The molecule has 2 aromatic rings. The molecule has 32 heavy (non-hydrogen) atoms. The lowest BCUT2D eigenvalue weighted by Crippen LogP contribution is -2.39. The number of nitrogens with zero attached hydrogens (tertiary/aromatic N) is 1. The lowest BCUT2D eigenvalue weighted by molar-refractivity contribution is 0.0953. The van der Waals surface area contributed by atoms with Gasteiger partial charge in [0, 0.05) is 38.4 Å². The highest BCUT2D eigenvalue weighted by molar-refractivity contribution is 14.0. The van der Waals surface area contributed by atoms with Gasteiger partial charge in [-0.25, -0.2) is 4.99 Å². The SMILES string of the molecule is CCOCCCNC(=NCc1ccc(OC)cc1)NCCCNC(=O)c1ccccc1.I. The Morgan fingerprint density at radius 2 is 1.56 bits per heavy atom. The van der Waals surface area contributed by atoms with Gasteiger partial charge in [-0.2, -0.15) is 0 Å². The fraction of sp³-hybridized carbons (Fsp3) is 0.417. The number of benzene rings is 2. The first kappa shape index (κ1) is 27.7. The molecular formula is C24H35IN4O3. The topological polar surface area (TPSA) is 84.0 Å². The van der Waals surface area contributed by atoms with E-state index in [1.54, 1.807) is 7.11 Å². The number of hydrogen-bond donors (Lipinski definition) is 3. The summed E-state index contributed by atoms with van der Waals surface area (Å²) in [5, 5.41) is 9.62. The minimum absolute atomic E-state index is 0. The zero-order chi connectivity index (χ0) is 22.2. The van der Waals surface area contributed by atoms with Crippen LogP contribution in [-0.4, -0.2) is 51.8 Å². The number of methoxy groups -OCH3 is 1. The van der Waals surface area contributed by atoms with Crippen LogP contribution in [0.15, 0.2) is 59.6 Å². The first-order valence-corrected chi connectivity index (χ1v) is 10.8. The summed E-state index contributed by atoms with van der Waals surface area (Å²) >= 11 is 0. The van der Waals surface area contributed by atoms with E-state index in [-0.39, 0.29) is 29.9 Å². The molecule has 0 spiro atoms. The first-order valence-electron chi connectivity index (χ1n) is 10.8. The van der Waals surface area contributed by atoms with Crippen LogP contribution in [-0.2, 0) is 11.3 Å². The summed E-state index contributed by atoms with van der Waals surface area (Å²) in [6.07, 6.45) is 1.70. The lowest BCUT2D eigenvalue weighted by atomic mass is 10.2. The highest BCUT2D eigenvalue weighted by Gasteiger charge is 2.04. The van der Waals surface area contributed by atoms with Crippen molar-refractivity contribution >= 4 is 35.8 Å². The lowest BCUT2D eigenvalue weighted by Gasteiger charge is -2.13. The quantitative estimate of drug-likeness (QED) is 0.153. The van der Waals surface area contributed by atoms with Crippen molar-refractivity contribution in [2.75, 3.05) is 40.0 Å². The molecule has 0 atom stereocenters. The van der Waals surface area contributed by atoms with Crippen LogP contribution in [0.5, 0.6) is 5.75 Å². The van der Waals surface area contributed by atoms with Gasteiger partial charge in [0.2, 0.25) is 0 Å². The third-order valence-corrected chi connectivity index (χ3v) is 4.51. The van der Waals surface area contributed by atoms with Crippen LogP contribution < -0.4 is 20.7 Å². The fourth-order valence-electron chi connectivity index (χ4n) is 2.79. The van der Waals surface area contributed by atoms with E-state index in [0.717, 1.165) is 49.9 Å². The van der Waals surface area contributed by atoms with Gasteiger partial charge in [-0.3, -0.25) is 4.79 Å². The molecule has 2 rings (SSSR count). The van der Waals surface area contributed by atoms with Gasteiger partial charge in [-0.05, 0) is 49.6 Å². The van der Waals surface area contributed by atoms with Gasteiger partial charge >= 0.3 is 0 Å². The zero-order valence-corrected chi connectivity index (χ0v) is 21.3. The van der Waals surface area contributed by atoms with Gasteiger partial charge in [0.1, 0.15) is 5.75 Å². The van der Waals surface area contributed by atoms with Gasteiger partial charge in [0.15, 0.2) is 5.96 Å². The van der Waals surface area contributed by atoms with Crippen LogP contribution in [0.2, 0.25) is 0 Å². The minimum atomic E-state index is -0.0527. The van der Waals surface area contributed by atoms with E-state index in [1.807, 2.05) is 61.5 Å². The van der Waals surface area contributed by atoms with Gasteiger partial charge in [0.25, 0.3) is 5.91 Å². The summed E-state index contributed by atoms with van der Waals surface area (Å²) in [5.41, 5.74) is 1.78. The molecule has 0 aliphatic heterocycles. The highest BCUT2D eigenvalue weighted by atomic mass is 127. The fourth-order valence-corrected chi connectivity index (χ4v) is 2.79. The Bertz CT molecular complexity index is 786. The highest BCUT2D eigenvalue weighted by Crippen LogP contribution is 2.11. The molecule has 0 bridgehead atoms. The van der Waals surface area contributed by atoms with E-state index in [2.05, 4.69) is 20.9 Å². The average molecular weight is 554 g/mol. The molecular weight excluding hydrogens is 519 g/mol. The minimum Gasteiger partial charge on any atom is -0.497 e. The van der Waals surface area contributed by atoms with Gasteiger partial charge in [-0.15, -0.1) is 24.0 Å². The van der Waals surface area contributed by atoms with E-state index in [0.29, 0.717) is 25.2 Å². The largest absolute Gasteiger partial charge is 0.497 e. The number of ether oxygens (including phenoxy) is 2. The van der Waals surface area contributed by atoms with Crippen molar-refractivity contribution in [2.24, 2.45) is 4.99 Å². The predicted octanol–water partition coefficient (Wildman–Crippen LogP) is 3.60. The number of carbonyl (C=O) groups is 1. The van der Waals surface area contributed by atoms with Crippen molar-refractivity contribution in [3.63, 3.8) is 0 Å². The van der Waals surface area contributed by atoms with Crippen LogP contribution in [0, 0.1) is 0 Å². The Morgan fingerprint density at radius 1 is 0.906 bits per heavy atom. The number of amides is 1.